The molecule has 136 valence electrons. The number of carbonyl (C=O) groups excluding carboxylic acids is 1. The fourth-order valence-corrected chi connectivity index (χ4v) is 3.93. The summed E-state index contributed by atoms with van der Waals surface area (Å²) >= 11 is 0. The Bertz CT molecular complexity index is 960. The van der Waals surface area contributed by atoms with Crippen molar-refractivity contribution in [3.8, 4) is 0 Å². The van der Waals surface area contributed by atoms with E-state index in [4.69, 9.17) is 0 Å². The molecule has 0 bridgehead atoms. The molecule has 6 nitrogen and oxygen atoms in total. The highest BCUT2D eigenvalue weighted by Gasteiger charge is 2.28. The fourth-order valence-electron chi connectivity index (χ4n) is 3.93. The van der Waals surface area contributed by atoms with Crippen LogP contribution in [0.15, 0.2) is 24.5 Å². The lowest BCUT2D eigenvalue weighted by Gasteiger charge is -2.32. The summed E-state index contributed by atoms with van der Waals surface area (Å²) in [6.45, 7) is 3.30. The second-order valence-corrected chi connectivity index (χ2v) is 7.05. The zero-order valence-electron chi connectivity index (χ0n) is 15.0. The average Bonchev–Trinajstić information content (AvgIpc) is 3.20. The maximum atomic E-state index is 14.0. The van der Waals surface area contributed by atoms with Crippen LogP contribution in [0.5, 0.6) is 0 Å². The van der Waals surface area contributed by atoms with Crippen molar-refractivity contribution in [2.75, 3.05) is 13.1 Å². The van der Waals surface area contributed by atoms with Crippen LogP contribution in [0.2, 0.25) is 0 Å². The number of para-hydroxylation sites is 1. The van der Waals surface area contributed by atoms with Crippen molar-refractivity contribution in [3.05, 3.63) is 47.4 Å². The zero-order chi connectivity index (χ0) is 18.3. The Morgan fingerprint density at radius 2 is 2.27 bits per heavy atom. The molecular formula is C19H22FN5O. The quantitative estimate of drug-likeness (QED) is 0.785. The number of aromatic nitrogens is 4. The predicted molar refractivity (Wildman–Crippen MR) is 96.3 cm³/mol. The summed E-state index contributed by atoms with van der Waals surface area (Å²) in [5.74, 6) is 0.921. The molecule has 0 radical (unpaired) electrons. The number of hydrogen-bond acceptors (Lipinski definition) is 3. The lowest BCUT2D eigenvalue weighted by molar-refractivity contribution is -0.131. The van der Waals surface area contributed by atoms with Gasteiger partial charge in [-0.1, -0.05) is 12.1 Å². The molecule has 26 heavy (non-hydrogen) atoms. The summed E-state index contributed by atoms with van der Waals surface area (Å²) in [5.41, 5.74) is 2.20. The summed E-state index contributed by atoms with van der Waals surface area (Å²) in [4.78, 5) is 17.9. The number of aryl methyl sites for hydroxylation is 2. The standard InChI is InChI=1S/C19H22FN5O/c1-12-15(14-6-3-7-16(20)18(14)22-12)9-17(26)25-8-4-5-13(10-25)19-23-21-11-24(19)2/h3,6-7,11,13,22H,4-5,8-10H2,1-2H3/t13-/m0/s1. The highest BCUT2D eigenvalue weighted by atomic mass is 19.1. The molecule has 1 aliphatic rings. The van der Waals surface area contributed by atoms with Gasteiger partial charge < -0.3 is 14.5 Å². The van der Waals surface area contributed by atoms with Crippen LogP contribution in [0.4, 0.5) is 4.39 Å². The molecule has 3 heterocycles. The molecule has 3 aromatic rings. The average molecular weight is 355 g/mol. The molecule has 1 fully saturated rings. The topological polar surface area (TPSA) is 66.8 Å². The molecule has 1 atom stereocenters. The second kappa shape index (κ2) is 6.55. The maximum Gasteiger partial charge on any atom is 0.227 e. The first-order valence-corrected chi connectivity index (χ1v) is 8.92. The van der Waals surface area contributed by atoms with E-state index >= 15 is 0 Å². The normalized spacial score (nSPS) is 17.8. The van der Waals surface area contributed by atoms with Gasteiger partial charge in [0.15, 0.2) is 0 Å². The van der Waals surface area contributed by atoms with Crippen molar-refractivity contribution >= 4 is 16.8 Å². The van der Waals surface area contributed by atoms with Gasteiger partial charge >= 0.3 is 0 Å². The van der Waals surface area contributed by atoms with E-state index in [0.29, 0.717) is 12.1 Å². The molecule has 0 aliphatic carbocycles. The molecule has 0 spiro atoms. The highest BCUT2D eigenvalue weighted by molar-refractivity contribution is 5.90. The molecule has 1 saturated heterocycles. The Kier molecular flexibility index (Phi) is 4.22. The van der Waals surface area contributed by atoms with E-state index in [-0.39, 0.29) is 24.1 Å². The molecular weight excluding hydrogens is 333 g/mol. The molecule has 1 N–H and O–H groups in total. The van der Waals surface area contributed by atoms with Crippen LogP contribution < -0.4 is 0 Å². The predicted octanol–water partition coefficient (Wildman–Crippen LogP) is 2.69. The summed E-state index contributed by atoms with van der Waals surface area (Å²) in [5, 5.41) is 8.94. The molecule has 1 aliphatic heterocycles. The van der Waals surface area contributed by atoms with Crippen LogP contribution in [-0.2, 0) is 18.3 Å². The number of piperidine rings is 1. The number of fused-ring (bicyclic) bond motifs is 1. The van der Waals surface area contributed by atoms with E-state index in [9.17, 15) is 9.18 Å². The fraction of sp³-hybridized carbons (Fsp3) is 0.421. The molecule has 1 amide bonds. The number of carbonyl (C=O) groups is 1. The van der Waals surface area contributed by atoms with Gasteiger partial charge in [-0.15, -0.1) is 10.2 Å². The Hall–Kier alpha value is -2.70. The summed E-state index contributed by atoms with van der Waals surface area (Å²) in [6, 6.07) is 4.98. The molecule has 1 aromatic carbocycles. The lowest BCUT2D eigenvalue weighted by atomic mass is 9.96. The van der Waals surface area contributed by atoms with Crippen molar-refractivity contribution in [1.82, 2.24) is 24.6 Å². The van der Waals surface area contributed by atoms with Gasteiger partial charge in [0, 0.05) is 37.1 Å². The SMILES string of the molecule is Cc1[nH]c2c(F)cccc2c1CC(=O)N1CCC[C@H](c2nncn2C)C1. The summed E-state index contributed by atoms with van der Waals surface area (Å²) < 4.78 is 15.9. The molecule has 0 saturated carbocycles. The Morgan fingerprint density at radius 3 is 3.04 bits per heavy atom. The smallest absolute Gasteiger partial charge is 0.227 e. The summed E-state index contributed by atoms with van der Waals surface area (Å²) in [7, 11) is 1.93. The van der Waals surface area contributed by atoms with E-state index in [1.807, 2.05) is 29.5 Å². The van der Waals surface area contributed by atoms with Crippen LogP contribution in [0, 0.1) is 12.7 Å². The largest absolute Gasteiger partial charge is 0.356 e. The van der Waals surface area contributed by atoms with Crippen LogP contribution in [0.1, 0.15) is 35.8 Å². The number of nitrogens with one attached hydrogen (secondary N) is 1. The number of likely N-dealkylation sites (tertiary alicyclic amines) is 1. The van der Waals surface area contributed by atoms with Crippen LogP contribution >= 0.6 is 0 Å². The second-order valence-electron chi connectivity index (χ2n) is 7.05. The first-order chi connectivity index (χ1) is 12.5. The van der Waals surface area contributed by atoms with Gasteiger partial charge in [0.1, 0.15) is 18.0 Å². The minimum absolute atomic E-state index is 0.0742. The van der Waals surface area contributed by atoms with Gasteiger partial charge in [-0.05, 0) is 31.4 Å². The Morgan fingerprint density at radius 1 is 1.42 bits per heavy atom. The number of H-pyrrole nitrogens is 1. The van der Waals surface area contributed by atoms with Gasteiger partial charge in [-0.25, -0.2) is 4.39 Å². The van der Waals surface area contributed by atoms with E-state index in [1.165, 1.54) is 6.07 Å². The number of hydrogen-bond donors (Lipinski definition) is 1. The molecule has 4 rings (SSSR count). The van der Waals surface area contributed by atoms with Gasteiger partial charge in [-0.3, -0.25) is 4.79 Å². The summed E-state index contributed by atoms with van der Waals surface area (Å²) in [6.07, 6.45) is 3.93. The van der Waals surface area contributed by atoms with E-state index in [1.54, 1.807) is 12.4 Å². The first kappa shape index (κ1) is 16.8. The number of benzene rings is 1. The molecule has 0 unspecified atom stereocenters. The van der Waals surface area contributed by atoms with E-state index in [0.717, 1.165) is 41.9 Å². The monoisotopic (exact) mass is 355 g/mol. The van der Waals surface area contributed by atoms with Crippen LogP contribution in [0.25, 0.3) is 10.9 Å². The van der Waals surface area contributed by atoms with E-state index < -0.39 is 0 Å². The molecule has 7 heteroatoms. The van der Waals surface area contributed by atoms with Crippen molar-refractivity contribution < 1.29 is 9.18 Å². The number of rotatable bonds is 3. The van der Waals surface area contributed by atoms with Gasteiger partial charge in [0.2, 0.25) is 5.91 Å². The maximum absolute atomic E-state index is 14.0. The Labute approximate surface area is 151 Å². The van der Waals surface area contributed by atoms with Gasteiger partial charge in [-0.2, -0.15) is 0 Å². The van der Waals surface area contributed by atoms with Gasteiger partial charge in [0.25, 0.3) is 0 Å². The lowest BCUT2D eigenvalue weighted by Crippen LogP contribution is -2.40. The molecule has 2 aromatic heterocycles. The van der Waals surface area contributed by atoms with Crippen LogP contribution in [0.3, 0.4) is 0 Å². The van der Waals surface area contributed by atoms with Crippen molar-refractivity contribution in [2.24, 2.45) is 7.05 Å². The first-order valence-electron chi connectivity index (χ1n) is 8.92. The Balaban J connectivity index is 1.54. The van der Waals surface area contributed by atoms with Gasteiger partial charge in [0.05, 0.1) is 11.9 Å². The third-order valence-electron chi connectivity index (χ3n) is 5.32. The van der Waals surface area contributed by atoms with Crippen molar-refractivity contribution in [3.63, 3.8) is 0 Å². The van der Waals surface area contributed by atoms with Crippen LogP contribution in [-0.4, -0.2) is 43.6 Å². The van der Waals surface area contributed by atoms with E-state index in [2.05, 4.69) is 15.2 Å². The minimum Gasteiger partial charge on any atom is -0.356 e. The van der Waals surface area contributed by atoms with Crippen molar-refractivity contribution in [1.29, 1.82) is 0 Å². The minimum atomic E-state index is -0.287. The zero-order valence-corrected chi connectivity index (χ0v) is 15.0. The third-order valence-corrected chi connectivity index (χ3v) is 5.32. The van der Waals surface area contributed by atoms with Crippen molar-refractivity contribution in [2.45, 2.75) is 32.1 Å². The number of halogens is 1. The number of aromatic amines is 1. The number of nitrogens with zero attached hydrogens (tertiary/aromatic N) is 4. The highest BCUT2D eigenvalue weighted by Crippen LogP contribution is 2.28. The number of amides is 1. The third kappa shape index (κ3) is 2.87.